The molecule has 0 aliphatic rings. The second-order valence-corrected chi connectivity index (χ2v) is 6.52. The van der Waals surface area contributed by atoms with E-state index in [1.807, 2.05) is 0 Å². The van der Waals surface area contributed by atoms with Gasteiger partial charge in [0.2, 0.25) is 0 Å². The number of hydrogen-bond donors (Lipinski definition) is 1. The number of carbonyl (C=O) groups excluding carboxylic acids is 3. The molecule has 0 fully saturated rings. The molecule has 0 aliphatic heterocycles. The van der Waals surface area contributed by atoms with E-state index >= 15 is 0 Å². The monoisotopic (exact) mass is 376 g/mol. The Morgan fingerprint density at radius 3 is 2.27 bits per heavy atom. The average molecular weight is 377 g/mol. The lowest BCUT2D eigenvalue weighted by Gasteiger charge is -2.24. The van der Waals surface area contributed by atoms with Crippen molar-refractivity contribution < 1.29 is 19.1 Å². The number of aromatic amines is 1. The van der Waals surface area contributed by atoms with Gasteiger partial charge in [0.25, 0.3) is 5.91 Å². The summed E-state index contributed by atoms with van der Waals surface area (Å²) < 4.78 is 4.72. The third-order valence-electron chi connectivity index (χ3n) is 4.45. The number of hydrogen-bond acceptors (Lipinski definition) is 4. The van der Waals surface area contributed by atoms with Crippen molar-refractivity contribution in [2.45, 2.75) is 26.8 Å². The molecule has 0 bridgehead atoms. The summed E-state index contributed by atoms with van der Waals surface area (Å²) in [6.07, 6.45) is 0. The number of halogens is 1. The average Bonchev–Trinajstić information content (AvgIpc) is 2.93. The number of amides is 1. The minimum atomic E-state index is -0.711. The summed E-state index contributed by atoms with van der Waals surface area (Å²) in [7, 11) is 2.85. The molecule has 0 spiro atoms. The number of aryl methyl sites for hydroxylation is 1. The normalized spacial score (nSPS) is 11.8. The van der Waals surface area contributed by atoms with Gasteiger partial charge in [-0.25, -0.2) is 4.79 Å². The van der Waals surface area contributed by atoms with E-state index in [1.165, 1.54) is 12.0 Å². The predicted molar refractivity (Wildman–Crippen MR) is 98.9 cm³/mol. The summed E-state index contributed by atoms with van der Waals surface area (Å²) in [6, 6.07) is 5.76. The summed E-state index contributed by atoms with van der Waals surface area (Å²) in [6.45, 7) is 5.04. The minimum Gasteiger partial charge on any atom is -0.464 e. The van der Waals surface area contributed by atoms with Gasteiger partial charge in [0.15, 0.2) is 5.78 Å². The molecule has 0 radical (unpaired) electrons. The number of methoxy groups -OCH3 is 1. The van der Waals surface area contributed by atoms with Crippen LogP contribution in [-0.4, -0.2) is 47.7 Å². The number of benzene rings is 1. The number of rotatable bonds is 5. The zero-order valence-electron chi connectivity index (χ0n) is 15.3. The molecule has 1 amide bonds. The standard InChI is InChI=1S/C19H21ClN2O4/c1-10-15(11(2)21-16(10)19(25)26-5)17(23)12(3)22(4)18(24)13-6-8-14(20)9-7-13/h6-9,12,21H,1-5H3. The van der Waals surface area contributed by atoms with Gasteiger partial charge in [-0.2, -0.15) is 0 Å². The topological polar surface area (TPSA) is 79.5 Å². The smallest absolute Gasteiger partial charge is 0.354 e. The van der Waals surface area contributed by atoms with Crippen LogP contribution in [0.3, 0.4) is 0 Å². The van der Waals surface area contributed by atoms with E-state index in [2.05, 4.69) is 4.98 Å². The van der Waals surface area contributed by atoms with Crippen LogP contribution in [-0.2, 0) is 4.74 Å². The maximum absolute atomic E-state index is 13.0. The Kier molecular flexibility index (Phi) is 5.87. The number of esters is 1. The first kappa shape index (κ1) is 19.7. The van der Waals surface area contributed by atoms with Crippen LogP contribution >= 0.6 is 11.6 Å². The van der Waals surface area contributed by atoms with Crippen molar-refractivity contribution in [2.24, 2.45) is 0 Å². The largest absolute Gasteiger partial charge is 0.464 e. The molecule has 1 aromatic heterocycles. The molecule has 1 atom stereocenters. The molecule has 26 heavy (non-hydrogen) atoms. The summed E-state index contributed by atoms with van der Waals surface area (Å²) >= 11 is 5.84. The van der Waals surface area contributed by atoms with E-state index in [1.54, 1.807) is 52.1 Å². The van der Waals surface area contributed by atoms with Gasteiger partial charge in [0.1, 0.15) is 5.69 Å². The Balaban J connectivity index is 2.29. The second kappa shape index (κ2) is 7.74. The van der Waals surface area contributed by atoms with Crippen molar-refractivity contribution in [1.29, 1.82) is 0 Å². The predicted octanol–water partition coefficient (Wildman–Crippen LogP) is 3.41. The molecule has 7 heteroatoms. The molecule has 0 aliphatic carbocycles. The summed E-state index contributed by atoms with van der Waals surface area (Å²) in [4.78, 5) is 41.6. The minimum absolute atomic E-state index is 0.243. The number of H-pyrrole nitrogens is 1. The van der Waals surface area contributed by atoms with Crippen LogP contribution in [0.25, 0.3) is 0 Å². The Morgan fingerprint density at radius 1 is 1.15 bits per heavy atom. The van der Waals surface area contributed by atoms with Gasteiger partial charge in [-0.15, -0.1) is 0 Å². The third kappa shape index (κ3) is 3.65. The molecule has 2 aromatic rings. The quantitative estimate of drug-likeness (QED) is 0.640. The van der Waals surface area contributed by atoms with E-state index in [4.69, 9.17) is 16.3 Å². The Labute approximate surface area is 157 Å². The number of nitrogens with zero attached hydrogens (tertiary/aromatic N) is 1. The molecular formula is C19H21ClN2O4. The van der Waals surface area contributed by atoms with Crippen molar-refractivity contribution in [1.82, 2.24) is 9.88 Å². The molecule has 138 valence electrons. The van der Waals surface area contributed by atoms with Gasteiger partial charge in [-0.3, -0.25) is 9.59 Å². The Morgan fingerprint density at radius 2 is 1.73 bits per heavy atom. The lowest BCUT2D eigenvalue weighted by molar-refractivity contribution is 0.0593. The highest BCUT2D eigenvalue weighted by Gasteiger charge is 2.29. The summed E-state index contributed by atoms with van der Waals surface area (Å²) in [5, 5.41) is 0.530. The molecule has 0 saturated heterocycles. The van der Waals surface area contributed by atoms with E-state index in [9.17, 15) is 14.4 Å². The van der Waals surface area contributed by atoms with E-state index in [0.29, 0.717) is 27.4 Å². The van der Waals surface area contributed by atoms with Crippen LogP contribution in [0.4, 0.5) is 0 Å². The molecular weight excluding hydrogens is 356 g/mol. The Hall–Kier alpha value is -2.60. The van der Waals surface area contributed by atoms with Crippen LogP contribution in [0.1, 0.15) is 49.4 Å². The van der Waals surface area contributed by atoms with Gasteiger partial charge in [-0.05, 0) is 50.6 Å². The highest BCUT2D eigenvalue weighted by Crippen LogP contribution is 2.22. The molecule has 1 unspecified atom stereocenters. The van der Waals surface area contributed by atoms with Crippen LogP contribution in [0.5, 0.6) is 0 Å². The fourth-order valence-corrected chi connectivity index (χ4v) is 2.91. The maximum Gasteiger partial charge on any atom is 0.354 e. The highest BCUT2D eigenvalue weighted by molar-refractivity contribution is 6.30. The fourth-order valence-electron chi connectivity index (χ4n) is 2.78. The van der Waals surface area contributed by atoms with Crippen LogP contribution < -0.4 is 0 Å². The molecule has 1 aromatic carbocycles. The zero-order chi connectivity index (χ0) is 19.6. The van der Waals surface area contributed by atoms with E-state index < -0.39 is 12.0 Å². The van der Waals surface area contributed by atoms with Crippen molar-refractivity contribution in [2.75, 3.05) is 14.2 Å². The van der Waals surface area contributed by atoms with Crippen molar-refractivity contribution >= 4 is 29.3 Å². The van der Waals surface area contributed by atoms with Crippen LogP contribution in [0.15, 0.2) is 24.3 Å². The molecule has 0 saturated carbocycles. The number of likely N-dealkylation sites (N-methyl/N-ethyl adjacent to an activating group) is 1. The number of Topliss-reactive ketones (excluding diaryl/α,β-unsaturated/α-hetero) is 1. The number of ketones is 1. The van der Waals surface area contributed by atoms with E-state index in [0.717, 1.165) is 0 Å². The van der Waals surface area contributed by atoms with Crippen LogP contribution in [0, 0.1) is 13.8 Å². The van der Waals surface area contributed by atoms with Gasteiger partial charge in [-0.1, -0.05) is 11.6 Å². The van der Waals surface area contributed by atoms with Gasteiger partial charge < -0.3 is 14.6 Å². The highest BCUT2D eigenvalue weighted by atomic mass is 35.5. The van der Waals surface area contributed by atoms with Crippen molar-refractivity contribution in [3.63, 3.8) is 0 Å². The van der Waals surface area contributed by atoms with Gasteiger partial charge in [0, 0.05) is 28.9 Å². The maximum atomic E-state index is 13.0. The first-order chi connectivity index (χ1) is 12.2. The summed E-state index contributed by atoms with van der Waals surface area (Å²) in [5.74, 6) is -1.08. The zero-order valence-corrected chi connectivity index (χ0v) is 16.1. The lowest BCUT2D eigenvalue weighted by Crippen LogP contribution is -2.40. The third-order valence-corrected chi connectivity index (χ3v) is 4.70. The van der Waals surface area contributed by atoms with Crippen molar-refractivity contribution in [3.05, 3.63) is 57.4 Å². The summed E-state index contributed by atoms with van der Waals surface area (Å²) in [5.41, 5.74) is 2.15. The number of ether oxygens (including phenoxy) is 1. The Bertz CT molecular complexity index is 855. The first-order valence-electron chi connectivity index (χ1n) is 8.03. The molecule has 6 nitrogen and oxygen atoms in total. The van der Waals surface area contributed by atoms with Crippen molar-refractivity contribution in [3.8, 4) is 0 Å². The lowest BCUT2D eigenvalue weighted by atomic mass is 9.99. The molecule has 1 N–H and O–H groups in total. The van der Waals surface area contributed by atoms with E-state index in [-0.39, 0.29) is 17.4 Å². The second-order valence-electron chi connectivity index (χ2n) is 6.08. The fraction of sp³-hybridized carbons (Fsp3) is 0.316. The number of aromatic nitrogens is 1. The van der Waals surface area contributed by atoms with Gasteiger partial charge >= 0.3 is 5.97 Å². The number of carbonyl (C=O) groups is 3. The first-order valence-corrected chi connectivity index (χ1v) is 8.41. The van der Waals surface area contributed by atoms with Crippen LogP contribution in [0.2, 0.25) is 5.02 Å². The number of nitrogens with one attached hydrogen (secondary N) is 1. The van der Waals surface area contributed by atoms with Gasteiger partial charge in [0.05, 0.1) is 13.2 Å². The molecule has 1 heterocycles. The molecule has 2 rings (SSSR count). The SMILES string of the molecule is COC(=O)c1[nH]c(C)c(C(=O)C(C)N(C)C(=O)c2ccc(Cl)cc2)c1C.